The third-order valence-electron chi connectivity index (χ3n) is 3.22. The molecule has 0 unspecified atom stereocenters. The molecule has 0 spiro atoms. The molecule has 6 nitrogen and oxygen atoms in total. The maximum atomic E-state index is 11.3. The van der Waals surface area contributed by atoms with E-state index in [9.17, 15) is 4.79 Å². The Morgan fingerprint density at radius 1 is 1.47 bits per heavy atom. The predicted octanol–water partition coefficient (Wildman–Crippen LogP) is 1.50. The van der Waals surface area contributed by atoms with Crippen LogP contribution in [-0.2, 0) is 9.53 Å². The molecular weight excluding hydrogens is 266 g/mol. The van der Waals surface area contributed by atoms with E-state index in [1.54, 1.807) is 0 Å². The van der Waals surface area contributed by atoms with Crippen LogP contribution in [0.1, 0.15) is 19.3 Å². The summed E-state index contributed by atoms with van der Waals surface area (Å²) in [6.07, 6.45) is 3.96. The SMILES string of the molecule is COC(=O)CC1(CSc2ncnc(OC)c2N)CC1. The third kappa shape index (κ3) is 3.28. The van der Waals surface area contributed by atoms with Crippen molar-refractivity contribution < 1.29 is 14.3 Å². The Labute approximate surface area is 116 Å². The van der Waals surface area contributed by atoms with Crippen LogP contribution in [0, 0.1) is 5.41 Å². The van der Waals surface area contributed by atoms with Gasteiger partial charge in [0.25, 0.3) is 0 Å². The van der Waals surface area contributed by atoms with Gasteiger partial charge in [0, 0.05) is 5.75 Å². The van der Waals surface area contributed by atoms with Crippen LogP contribution in [0.3, 0.4) is 0 Å². The predicted molar refractivity (Wildman–Crippen MR) is 72.0 cm³/mol. The van der Waals surface area contributed by atoms with Gasteiger partial charge >= 0.3 is 5.97 Å². The number of hydrogen-bond acceptors (Lipinski definition) is 7. The molecule has 0 atom stereocenters. The Morgan fingerprint density at radius 2 is 2.21 bits per heavy atom. The number of methoxy groups -OCH3 is 2. The van der Waals surface area contributed by atoms with Crippen molar-refractivity contribution in [2.75, 3.05) is 25.7 Å². The summed E-state index contributed by atoms with van der Waals surface area (Å²) in [5.74, 6) is 1.02. The van der Waals surface area contributed by atoms with Gasteiger partial charge in [-0.15, -0.1) is 11.8 Å². The Bertz CT molecular complexity index is 477. The van der Waals surface area contributed by atoms with E-state index in [0.717, 1.165) is 18.6 Å². The van der Waals surface area contributed by atoms with E-state index < -0.39 is 0 Å². The molecule has 19 heavy (non-hydrogen) atoms. The van der Waals surface area contributed by atoms with Gasteiger partial charge in [0.1, 0.15) is 17.0 Å². The van der Waals surface area contributed by atoms with E-state index >= 15 is 0 Å². The lowest BCUT2D eigenvalue weighted by molar-refractivity contribution is -0.141. The van der Waals surface area contributed by atoms with Crippen molar-refractivity contribution in [3.63, 3.8) is 0 Å². The molecule has 2 rings (SSSR count). The number of carbonyl (C=O) groups is 1. The molecule has 1 aromatic heterocycles. The first-order valence-corrected chi connectivity index (χ1v) is 6.93. The molecule has 1 aromatic rings. The summed E-state index contributed by atoms with van der Waals surface area (Å²) in [6, 6.07) is 0. The Hall–Kier alpha value is -1.50. The first-order chi connectivity index (χ1) is 9.10. The number of thioether (sulfide) groups is 1. The van der Waals surface area contributed by atoms with E-state index in [1.165, 1.54) is 32.3 Å². The zero-order valence-electron chi connectivity index (χ0n) is 11.0. The Balaban J connectivity index is 1.97. The molecular formula is C12H17N3O3S. The van der Waals surface area contributed by atoms with Crippen LogP contribution in [0.25, 0.3) is 0 Å². The number of anilines is 1. The lowest BCUT2D eigenvalue weighted by atomic mass is 10.1. The maximum Gasteiger partial charge on any atom is 0.306 e. The highest BCUT2D eigenvalue weighted by molar-refractivity contribution is 7.99. The third-order valence-corrected chi connectivity index (χ3v) is 4.58. The van der Waals surface area contributed by atoms with Gasteiger partial charge < -0.3 is 15.2 Å². The molecule has 1 heterocycles. The molecule has 1 fully saturated rings. The molecule has 1 saturated carbocycles. The summed E-state index contributed by atoms with van der Waals surface area (Å²) in [4.78, 5) is 19.4. The number of ether oxygens (including phenoxy) is 2. The first-order valence-electron chi connectivity index (χ1n) is 5.94. The zero-order chi connectivity index (χ0) is 13.9. The molecule has 0 bridgehead atoms. The maximum absolute atomic E-state index is 11.3. The summed E-state index contributed by atoms with van der Waals surface area (Å²) >= 11 is 1.53. The van der Waals surface area contributed by atoms with Crippen molar-refractivity contribution in [2.45, 2.75) is 24.3 Å². The standard InChI is InChI=1S/C12H17N3O3S/c1-17-8(16)5-12(3-4-12)6-19-11-9(13)10(18-2)14-7-15-11/h7H,3-6,13H2,1-2H3. The Morgan fingerprint density at radius 3 is 2.79 bits per heavy atom. The first kappa shape index (κ1) is 13.9. The summed E-state index contributed by atoms with van der Waals surface area (Å²) in [5.41, 5.74) is 6.40. The van der Waals surface area contributed by atoms with E-state index in [1.807, 2.05) is 0 Å². The molecule has 0 saturated heterocycles. The van der Waals surface area contributed by atoms with Crippen molar-refractivity contribution in [1.82, 2.24) is 9.97 Å². The van der Waals surface area contributed by atoms with E-state index in [0.29, 0.717) is 23.0 Å². The normalized spacial score (nSPS) is 15.9. The highest BCUT2D eigenvalue weighted by atomic mass is 32.2. The van der Waals surface area contributed by atoms with E-state index in [4.69, 9.17) is 15.2 Å². The molecule has 1 aliphatic carbocycles. The van der Waals surface area contributed by atoms with Gasteiger partial charge in [-0.25, -0.2) is 4.98 Å². The molecule has 0 amide bonds. The summed E-state index contributed by atoms with van der Waals surface area (Å²) in [7, 11) is 2.94. The van der Waals surface area contributed by atoms with Crippen LogP contribution < -0.4 is 10.5 Å². The summed E-state index contributed by atoms with van der Waals surface area (Å²) < 4.78 is 9.77. The van der Waals surface area contributed by atoms with Crippen LogP contribution in [0.4, 0.5) is 5.69 Å². The lowest BCUT2D eigenvalue weighted by Gasteiger charge is -2.13. The molecule has 2 N–H and O–H groups in total. The number of hydrogen-bond donors (Lipinski definition) is 1. The van der Waals surface area contributed by atoms with Crippen LogP contribution >= 0.6 is 11.8 Å². The number of nitrogens with zero attached hydrogens (tertiary/aromatic N) is 2. The number of nitrogen functional groups attached to an aromatic ring is 1. The van der Waals surface area contributed by atoms with Gasteiger partial charge in [0.2, 0.25) is 5.88 Å². The van der Waals surface area contributed by atoms with Crippen molar-refractivity contribution in [3.05, 3.63) is 6.33 Å². The highest BCUT2D eigenvalue weighted by Gasteiger charge is 2.44. The van der Waals surface area contributed by atoms with Crippen molar-refractivity contribution in [2.24, 2.45) is 5.41 Å². The van der Waals surface area contributed by atoms with Crippen molar-refractivity contribution in [3.8, 4) is 5.88 Å². The minimum atomic E-state index is -0.161. The fourth-order valence-electron chi connectivity index (χ4n) is 1.79. The molecule has 104 valence electrons. The summed E-state index contributed by atoms with van der Waals surface area (Å²) in [5, 5.41) is 0.697. The van der Waals surface area contributed by atoms with E-state index in [-0.39, 0.29) is 11.4 Å². The fraction of sp³-hybridized carbons (Fsp3) is 0.583. The van der Waals surface area contributed by atoms with Gasteiger partial charge in [-0.05, 0) is 18.3 Å². The number of aromatic nitrogens is 2. The molecule has 0 aromatic carbocycles. The second-order valence-electron chi connectivity index (χ2n) is 4.64. The van der Waals surface area contributed by atoms with Crippen LogP contribution in [0.5, 0.6) is 5.88 Å². The smallest absolute Gasteiger partial charge is 0.306 e. The number of nitrogens with two attached hydrogens (primary N) is 1. The number of rotatable bonds is 6. The fourth-order valence-corrected chi connectivity index (χ4v) is 2.99. The largest absolute Gasteiger partial charge is 0.479 e. The van der Waals surface area contributed by atoms with Crippen molar-refractivity contribution in [1.29, 1.82) is 0 Å². The van der Waals surface area contributed by atoms with Gasteiger partial charge in [-0.1, -0.05) is 0 Å². The van der Waals surface area contributed by atoms with Crippen LogP contribution in [0.15, 0.2) is 11.4 Å². The van der Waals surface area contributed by atoms with Gasteiger partial charge in [-0.2, -0.15) is 4.98 Å². The quantitative estimate of drug-likeness (QED) is 0.481. The second-order valence-corrected chi connectivity index (χ2v) is 5.61. The average Bonchev–Trinajstić information content (AvgIpc) is 3.17. The highest BCUT2D eigenvalue weighted by Crippen LogP contribution is 2.52. The minimum Gasteiger partial charge on any atom is -0.479 e. The number of esters is 1. The molecule has 1 aliphatic rings. The lowest BCUT2D eigenvalue weighted by Crippen LogP contribution is -2.13. The zero-order valence-corrected chi connectivity index (χ0v) is 11.8. The van der Waals surface area contributed by atoms with Crippen molar-refractivity contribution >= 4 is 23.4 Å². The second kappa shape index (κ2) is 5.64. The molecule has 7 heteroatoms. The van der Waals surface area contributed by atoms with Gasteiger partial charge in [0.05, 0.1) is 20.6 Å². The minimum absolute atomic E-state index is 0.0440. The monoisotopic (exact) mass is 283 g/mol. The average molecular weight is 283 g/mol. The number of carbonyl (C=O) groups excluding carboxylic acids is 1. The van der Waals surface area contributed by atoms with Crippen LogP contribution in [0.2, 0.25) is 0 Å². The summed E-state index contributed by atoms with van der Waals surface area (Å²) in [6.45, 7) is 0. The van der Waals surface area contributed by atoms with Gasteiger partial charge in [-0.3, -0.25) is 4.79 Å². The van der Waals surface area contributed by atoms with Gasteiger partial charge in [0.15, 0.2) is 0 Å². The molecule has 0 radical (unpaired) electrons. The van der Waals surface area contributed by atoms with E-state index in [2.05, 4.69) is 9.97 Å². The van der Waals surface area contributed by atoms with Crippen LogP contribution in [-0.4, -0.2) is 35.9 Å². The Kier molecular flexibility index (Phi) is 4.14. The molecule has 0 aliphatic heterocycles. The topological polar surface area (TPSA) is 87.3 Å².